The molecule has 3 aromatic rings. The maximum Gasteiger partial charge on any atom is 0.416 e. The summed E-state index contributed by atoms with van der Waals surface area (Å²) in [6, 6.07) is 16.8. The zero-order valence-electron chi connectivity index (χ0n) is 19.5. The maximum absolute atomic E-state index is 13.5. The van der Waals surface area contributed by atoms with E-state index in [0.29, 0.717) is 13.1 Å². The molecule has 6 nitrogen and oxygen atoms in total. The minimum atomic E-state index is -4.46. The summed E-state index contributed by atoms with van der Waals surface area (Å²) >= 11 is 0. The molecule has 0 aliphatic carbocycles. The molecule has 184 valence electrons. The van der Waals surface area contributed by atoms with Crippen LogP contribution in [-0.2, 0) is 17.5 Å². The van der Waals surface area contributed by atoms with Gasteiger partial charge in [0.2, 0.25) is 5.91 Å². The quantitative estimate of drug-likeness (QED) is 0.529. The van der Waals surface area contributed by atoms with Gasteiger partial charge >= 0.3 is 12.2 Å². The summed E-state index contributed by atoms with van der Waals surface area (Å²) in [5.41, 5.74) is 1.40. The highest BCUT2D eigenvalue weighted by Gasteiger charge is 2.34. The van der Waals surface area contributed by atoms with Crippen molar-refractivity contribution in [1.29, 1.82) is 0 Å². The van der Waals surface area contributed by atoms with Gasteiger partial charge in [0.1, 0.15) is 6.54 Å². The van der Waals surface area contributed by atoms with Crippen molar-refractivity contribution in [3.63, 3.8) is 0 Å². The normalized spacial score (nSPS) is 15.6. The SMILES string of the molecule is CC(C)N(CC(=O)N1CCn2cccc2C1c1ccccc1)C(=O)Nc1ccc(C(F)(F)F)cc1. The Morgan fingerprint density at radius 2 is 1.69 bits per heavy atom. The lowest BCUT2D eigenvalue weighted by molar-refractivity contribution is -0.137. The number of carbonyl (C=O) groups is 2. The van der Waals surface area contributed by atoms with Gasteiger partial charge in [0.05, 0.1) is 11.6 Å². The molecule has 4 rings (SSSR count). The number of hydrogen-bond donors (Lipinski definition) is 1. The first-order valence-electron chi connectivity index (χ1n) is 11.4. The minimum Gasteiger partial charge on any atom is -0.348 e. The molecule has 3 amide bonds. The van der Waals surface area contributed by atoms with Gasteiger partial charge in [-0.25, -0.2) is 4.79 Å². The zero-order chi connectivity index (χ0) is 25.2. The first-order chi connectivity index (χ1) is 16.6. The second-order valence-corrected chi connectivity index (χ2v) is 8.75. The number of carbonyl (C=O) groups excluding carboxylic acids is 2. The van der Waals surface area contributed by atoms with Gasteiger partial charge in [0.15, 0.2) is 0 Å². The van der Waals surface area contributed by atoms with Gasteiger partial charge in [0, 0.05) is 36.7 Å². The van der Waals surface area contributed by atoms with Crippen LogP contribution in [-0.4, -0.2) is 45.4 Å². The van der Waals surface area contributed by atoms with Crippen molar-refractivity contribution in [2.75, 3.05) is 18.4 Å². The topological polar surface area (TPSA) is 57.6 Å². The Morgan fingerprint density at radius 1 is 1.00 bits per heavy atom. The Balaban J connectivity index is 1.51. The number of halogens is 3. The van der Waals surface area contributed by atoms with Crippen LogP contribution in [0.4, 0.5) is 23.7 Å². The van der Waals surface area contributed by atoms with Crippen LogP contribution in [0.3, 0.4) is 0 Å². The van der Waals surface area contributed by atoms with E-state index >= 15 is 0 Å². The second-order valence-electron chi connectivity index (χ2n) is 8.75. The van der Waals surface area contributed by atoms with Crippen LogP contribution in [0.25, 0.3) is 0 Å². The van der Waals surface area contributed by atoms with Crippen molar-refractivity contribution in [2.24, 2.45) is 0 Å². The molecule has 35 heavy (non-hydrogen) atoms. The van der Waals surface area contributed by atoms with Crippen molar-refractivity contribution in [3.05, 3.63) is 89.7 Å². The predicted octanol–water partition coefficient (Wildman–Crippen LogP) is 5.38. The summed E-state index contributed by atoms with van der Waals surface area (Å²) in [6.07, 6.45) is -2.46. The van der Waals surface area contributed by atoms with E-state index < -0.39 is 17.8 Å². The molecule has 2 heterocycles. The number of nitrogens with one attached hydrogen (secondary N) is 1. The lowest BCUT2D eigenvalue weighted by Crippen LogP contribution is -2.50. The summed E-state index contributed by atoms with van der Waals surface area (Å²) in [6.45, 7) is 4.56. The lowest BCUT2D eigenvalue weighted by atomic mass is 10.00. The molecule has 1 aliphatic heterocycles. The van der Waals surface area contributed by atoms with E-state index in [1.165, 1.54) is 17.0 Å². The first kappa shape index (κ1) is 24.4. The van der Waals surface area contributed by atoms with E-state index in [-0.39, 0.29) is 30.2 Å². The summed E-state index contributed by atoms with van der Waals surface area (Å²) in [5.74, 6) is -0.206. The number of fused-ring (bicyclic) bond motifs is 1. The highest BCUT2D eigenvalue weighted by molar-refractivity contribution is 5.92. The molecule has 0 saturated carbocycles. The van der Waals surface area contributed by atoms with E-state index in [1.807, 2.05) is 48.7 Å². The van der Waals surface area contributed by atoms with Crippen molar-refractivity contribution in [2.45, 2.75) is 38.7 Å². The van der Waals surface area contributed by atoms with Gasteiger partial charge in [-0.1, -0.05) is 30.3 Å². The van der Waals surface area contributed by atoms with Crippen molar-refractivity contribution in [1.82, 2.24) is 14.4 Å². The molecule has 2 aromatic carbocycles. The molecule has 1 atom stereocenters. The fourth-order valence-electron chi connectivity index (χ4n) is 4.30. The van der Waals surface area contributed by atoms with Gasteiger partial charge in [-0.05, 0) is 55.8 Å². The molecule has 0 spiro atoms. The number of aromatic nitrogens is 1. The van der Waals surface area contributed by atoms with Crippen LogP contribution in [0.2, 0.25) is 0 Å². The molecular weight excluding hydrogens is 457 g/mol. The van der Waals surface area contributed by atoms with Crippen LogP contribution in [0.1, 0.15) is 36.7 Å². The molecule has 1 N–H and O–H groups in total. The largest absolute Gasteiger partial charge is 0.416 e. The van der Waals surface area contributed by atoms with Gasteiger partial charge in [0.25, 0.3) is 0 Å². The summed E-state index contributed by atoms with van der Waals surface area (Å²) in [7, 11) is 0. The van der Waals surface area contributed by atoms with Crippen LogP contribution >= 0.6 is 0 Å². The average Bonchev–Trinajstić information content (AvgIpc) is 3.30. The molecule has 0 radical (unpaired) electrons. The summed E-state index contributed by atoms with van der Waals surface area (Å²) < 4.78 is 40.6. The molecule has 0 bridgehead atoms. The van der Waals surface area contributed by atoms with E-state index in [1.54, 1.807) is 18.7 Å². The predicted molar refractivity (Wildman–Crippen MR) is 127 cm³/mol. The molecular formula is C26H27F3N4O2. The highest BCUT2D eigenvalue weighted by Crippen LogP contribution is 2.33. The van der Waals surface area contributed by atoms with Gasteiger partial charge in [-0.2, -0.15) is 13.2 Å². The first-order valence-corrected chi connectivity index (χ1v) is 11.4. The number of hydrogen-bond acceptors (Lipinski definition) is 2. The Labute approximate surface area is 201 Å². The standard InChI is InChI=1S/C26H27F3N4O2/c1-18(2)33(25(35)30-21-12-10-20(11-13-21)26(27,28)29)17-23(34)32-16-15-31-14-6-9-22(31)24(32)19-7-4-3-5-8-19/h3-14,18,24H,15-17H2,1-2H3,(H,30,35). The molecule has 1 aliphatic rings. The number of benzene rings is 2. The van der Waals surface area contributed by atoms with Gasteiger partial charge in [-0.15, -0.1) is 0 Å². The Kier molecular flexibility index (Phi) is 6.86. The highest BCUT2D eigenvalue weighted by atomic mass is 19.4. The van der Waals surface area contributed by atoms with E-state index in [2.05, 4.69) is 9.88 Å². The molecule has 1 aromatic heterocycles. The van der Waals surface area contributed by atoms with Crippen LogP contribution < -0.4 is 5.32 Å². The molecule has 0 fully saturated rings. The van der Waals surface area contributed by atoms with E-state index in [4.69, 9.17) is 0 Å². The fraction of sp³-hybridized carbons (Fsp3) is 0.308. The minimum absolute atomic E-state index is 0.159. The lowest BCUT2D eigenvalue weighted by Gasteiger charge is -2.39. The number of alkyl halides is 3. The Morgan fingerprint density at radius 3 is 2.31 bits per heavy atom. The average molecular weight is 485 g/mol. The molecule has 9 heteroatoms. The Hall–Kier alpha value is -3.75. The monoisotopic (exact) mass is 484 g/mol. The molecule has 1 unspecified atom stereocenters. The van der Waals surface area contributed by atoms with Gasteiger partial charge in [-0.3, -0.25) is 4.79 Å². The number of nitrogens with zero attached hydrogens (tertiary/aromatic N) is 3. The zero-order valence-corrected chi connectivity index (χ0v) is 19.5. The number of anilines is 1. The smallest absolute Gasteiger partial charge is 0.348 e. The fourth-order valence-corrected chi connectivity index (χ4v) is 4.30. The maximum atomic E-state index is 13.5. The van der Waals surface area contributed by atoms with Crippen molar-refractivity contribution in [3.8, 4) is 0 Å². The van der Waals surface area contributed by atoms with Crippen LogP contribution in [0.15, 0.2) is 72.9 Å². The van der Waals surface area contributed by atoms with Crippen molar-refractivity contribution >= 4 is 17.6 Å². The number of amides is 3. The van der Waals surface area contributed by atoms with Gasteiger partial charge < -0.3 is 19.7 Å². The Bertz CT molecular complexity index is 1170. The van der Waals surface area contributed by atoms with Crippen molar-refractivity contribution < 1.29 is 22.8 Å². The number of rotatable bonds is 5. The summed E-state index contributed by atoms with van der Waals surface area (Å²) in [4.78, 5) is 29.7. The third-order valence-electron chi connectivity index (χ3n) is 6.13. The second kappa shape index (κ2) is 9.85. The molecule has 0 saturated heterocycles. The third kappa shape index (κ3) is 5.34. The van der Waals surface area contributed by atoms with E-state index in [9.17, 15) is 22.8 Å². The van der Waals surface area contributed by atoms with E-state index in [0.717, 1.165) is 23.4 Å². The number of urea groups is 1. The van der Waals surface area contributed by atoms with Crippen LogP contribution in [0.5, 0.6) is 0 Å². The summed E-state index contributed by atoms with van der Waals surface area (Å²) in [5, 5.41) is 2.61. The third-order valence-corrected chi connectivity index (χ3v) is 6.13. The van der Waals surface area contributed by atoms with Crippen LogP contribution in [0, 0.1) is 0 Å².